The van der Waals surface area contributed by atoms with Gasteiger partial charge in [-0.25, -0.2) is 0 Å². The smallest absolute Gasteiger partial charge is 0.237 e. The second-order valence-corrected chi connectivity index (χ2v) is 7.39. The molecule has 4 rings (SSSR count). The van der Waals surface area contributed by atoms with Crippen molar-refractivity contribution < 1.29 is 13.9 Å². The van der Waals surface area contributed by atoms with Crippen molar-refractivity contribution >= 4 is 5.91 Å². The van der Waals surface area contributed by atoms with Gasteiger partial charge in [0.1, 0.15) is 0 Å². The molecule has 0 aromatic carbocycles. The van der Waals surface area contributed by atoms with Crippen LogP contribution in [0.25, 0.3) is 0 Å². The summed E-state index contributed by atoms with van der Waals surface area (Å²) in [6.45, 7) is 3.19. The Morgan fingerprint density at radius 3 is 2.83 bits per heavy atom. The van der Waals surface area contributed by atoms with E-state index < -0.39 is 0 Å². The van der Waals surface area contributed by atoms with Crippen LogP contribution in [0.3, 0.4) is 0 Å². The number of carbonyl (C=O) groups excluding carboxylic acids is 1. The molecule has 8 heteroatoms. The van der Waals surface area contributed by atoms with Gasteiger partial charge in [-0.2, -0.15) is 5.10 Å². The minimum atomic E-state index is -0.106. The van der Waals surface area contributed by atoms with Gasteiger partial charge in [-0.3, -0.25) is 19.4 Å². The molecule has 1 unspecified atom stereocenters. The third-order valence-corrected chi connectivity index (χ3v) is 4.92. The first-order valence-electron chi connectivity index (χ1n) is 9.65. The molecule has 3 aromatic rings. The average molecular weight is 395 g/mol. The van der Waals surface area contributed by atoms with E-state index in [1.54, 1.807) is 35.8 Å². The molecule has 8 nitrogen and oxygen atoms in total. The minimum absolute atomic E-state index is 0.0878. The molecule has 0 aliphatic carbocycles. The maximum atomic E-state index is 13.0. The molecule has 152 valence electrons. The Balaban J connectivity index is 1.47. The highest BCUT2D eigenvalue weighted by Crippen LogP contribution is 2.16. The van der Waals surface area contributed by atoms with Gasteiger partial charge in [0, 0.05) is 62.9 Å². The molecule has 0 spiro atoms. The summed E-state index contributed by atoms with van der Waals surface area (Å²) in [7, 11) is 1.88. The highest BCUT2D eigenvalue weighted by molar-refractivity contribution is 5.78. The monoisotopic (exact) mass is 395 g/mol. The lowest BCUT2D eigenvalue weighted by Crippen LogP contribution is -2.37. The van der Waals surface area contributed by atoms with Crippen LogP contribution in [-0.4, -0.2) is 56.2 Å². The number of rotatable bonds is 7. The number of carbonyl (C=O) groups is 1. The van der Waals surface area contributed by atoms with Crippen LogP contribution in [0.4, 0.5) is 0 Å². The normalized spacial score (nSPS) is 18.2. The quantitative estimate of drug-likeness (QED) is 0.608. The molecule has 0 N–H and O–H groups in total. The Morgan fingerprint density at radius 2 is 2.10 bits per heavy atom. The second-order valence-electron chi connectivity index (χ2n) is 7.39. The Morgan fingerprint density at radius 1 is 1.17 bits per heavy atom. The van der Waals surface area contributed by atoms with Crippen LogP contribution in [0, 0.1) is 0 Å². The lowest BCUT2D eigenvalue weighted by molar-refractivity contribution is -0.132. The van der Waals surface area contributed by atoms with Crippen molar-refractivity contribution in [3.05, 3.63) is 72.2 Å². The number of nitrogens with zero attached hydrogens (tertiary/aromatic N) is 5. The molecule has 1 amide bonds. The molecule has 0 radical (unpaired) electrons. The summed E-state index contributed by atoms with van der Waals surface area (Å²) in [5, 5.41) is 4.21. The van der Waals surface area contributed by atoms with Crippen LogP contribution < -0.4 is 0 Å². The van der Waals surface area contributed by atoms with Gasteiger partial charge >= 0.3 is 0 Å². The van der Waals surface area contributed by atoms with Crippen molar-refractivity contribution in [1.82, 2.24) is 24.6 Å². The van der Waals surface area contributed by atoms with Gasteiger partial charge in [-0.1, -0.05) is 6.07 Å². The molecular weight excluding hydrogens is 370 g/mol. The maximum absolute atomic E-state index is 13.0. The number of furan rings is 1. The summed E-state index contributed by atoms with van der Waals surface area (Å²) >= 11 is 0. The number of ether oxygens (including phenoxy) is 1. The highest BCUT2D eigenvalue weighted by atomic mass is 16.5. The zero-order valence-corrected chi connectivity index (χ0v) is 16.5. The van der Waals surface area contributed by atoms with Crippen LogP contribution >= 0.6 is 0 Å². The predicted octanol–water partition coefficient (Wildman–Crippen LogP) is 1.84. The standard InChI is InChI=1S/C21H25N5O3/c1-24-9-19(8-23-24)11-26-13-20(29-16-17-3-2-5-22-7-17)12-25(14-21(26)27)10-18-4-6-28-15-18/h2-9,15,20H,10-14,16H2,1H3. The van der Waals surface area contributed by atoms with Crippen LogP contribution in [0.2, 0.25) is 0 Å². The fraction of sp³-hybridized carbons (Fsp3) is 0.381. The third-order valence-electron chi connectivity index (χ3n) is 4.92. The van der Waals surface area contributed by atoms with Gasteiger partial charge in [0.25, 0.3) is 0 Å². The lowest BCUT2D eigenvalue weighted by atomic mass is 10.2. The second kappa shape index (κ2) is 9.02. The molecule has 1 aliphatic heterocycles. The van der Waals surface area contributed by atoms with E-state index in [0.717, 1.165) is 16.7 Å². The van der Waals surface area contributed by atoms with E-state index in [-0.39, 0.29) is 12.0 Å². The molecule has 1 saturated heterocycles. The first-order valence-corrected chi connectivity index (χ1v) is 9.65. The summed E-state index contributed by atoms with van der Waals surface area (Å²) in [5.74, 6) is 0.0878. The Labute approximate surface area is 169 Å². The van der Waals surface area contributed by atoms with Crippen molar-refractivity contribution in [3.8, 4) is 0 Å². The largest absolute Gasteiger partial charge is 0.472 e. The van der Waals surface area contributed by atoms with E-state index in [2.05, 4.69) is 15.0 Å². The zero-order chi connectivity index (χ0) is 20.1. The van der Waals surface area contributed by atoms with E-state index in [1.807, 2.05) is 36.3 Å². The Kier molecular flexibility index (Phi) is 6.02. The van der Waals surface area contributed by atoms with Gasteiger partial charge in [-0.15, -0.1) is 0 Å². The summed E-state index contributed by atoms with van der Waals surface area (Å²) < 4.78 is 13.1. The van der Waals surface area contributed by atoms with E-state index in [9.17, 15) is 4.79 Å². The molecule has 0 bridgehead atoms. The number of hydrogen-bond donors (Lipinski definition) is 0. The molecular formula is C21H25N5O3. The molecule has 4 heterocycles. The van der Waals surface area contributed by atoms with E-state index in [0.29, 0.717) is 39.3 Å². The van der Waals surface area contributed by atoms with Crippen molar-refractivity contribution in [3.63, 3.8) is 0 Å². The van der Waals surface area contributed by atoms with Gasteiger partial charge in [-0.05, 0) is 17.7 Å². The van der Waals surface area contributed by atoms with Crippen LogP contribution in [0.1, 0.15) is 16.7 Å². The van der Waals surface area contributed by atoms with Gasteiger partial charge in [0.2, 0.25) is 5.91 Å². The summed E-state index contributed by atoms with van der Waals surface area (Å²) in [4.78, 5) is 21.1. The van der Waals surface area contributed by atoms with E-state index in [1.165, 1.54) is 0 Å². The van der Waals surface area contributed by atoms with Crippen LogP contribution in [-0.2, 0) is 36.3 Å². The van der Waals surface area contributed by atoms with Crippen molar-refractivity contribution in [1.29, 1.82) is 0 Å². The SMILES string of the molecule is Cn1cc(CN2CC(OCc3cccnc3)CN(Cc3ccoc3)CC2=O)cn1. The number of aryl methyl sites for hydroxylation is 1. The summed E-state index contributed by atoms with van der Waals surface area (Å²) in [6.07, 6.45) is 10.5. The maximum Gasteiger partial charge on any atom is 0.237 e. The minimum Gasteiger partial charge on any atom is -0.472 e. The number of aromatic nitrogens is 3. The van der Waals surface area contributed by atoms with Crippen molar-refractivity contribution in [2.75, 3.05) is 19.6 Å². The Hall–Kier alpha value is -2.97. The van der Waals surface area contributed by atoms with E-state index >= 15 is 0 Å². The van der Waals surface area contributed by atoms with Gasteiger partial charge < -0.3 is 14.1 Å². The third kappa shape index (κ3) is 5.30. The molecule has 3 aromatic heterocycles. The highest BCUT2D eigenvalue weighted by Gasteiger charge is 2.29. The fourth-order valence-electron chi connectivity index (χ4n) is 3.54. The van der Waals surface area contributed by atoms with Crippen LogP contribution in [0.15, 0.2) is 59.9 Å². The number of amides is 1. The first-order chi connectivity index (χ1) is 14.2. The summed E-state index contributed by atoms with van der Waals surface area (Å²) in [5.41, 5.74) is 3.07. The predicted molar refractivity (Wildman–Crippen MR) is 105 cm³/mol. The number of pyridine rings is 1. The van der Waals surface area contributed by atoms with Crippen molar-refractivity contribution in [2.24, 2.45) is 7.05 Å². The molecule has 0 saturated carbocycles. The molecule has 29 heavy (non-hydrogen) atoms. The van der Waals surface area contributed by atoms with Gasteiger partial charge in [0.15, 0.2) is 0 Å². The van der Waals surface area contributed by atoms with Crippen molar-refractivity contribution in [2.45, 2.75) is 25.8 Å². The topological polar surface area (TPSA) is 76.6 Å². The van der Waals surface area contributed by atoms with Gasteiger partial charge in [0.05, 0.1) is 38.0 Å². The zero-order valence-electron chi connectivity index (χ0n) is 16.5. The molecule has 1 fully saturated rings. The molecule has 1 atom stereocenters. The van der Waals surface area contributed by atoms with E-state index in [4.69, 9.17) is 9.15 Å². The summed E-state index contributed by atoms with van der Waals surface area (Å²) in [6, 6.07) is 5.81. The lowest BCUT2D eigenvalue weighted by Gasteiger charge is -2.24. The Bertz CT molecular complexity index is 910. The van der Waals surface area contributed by atoms with Crippen LogP contribution in [0.5, 0.6) is 0 Å². The molecule has 1 aliphatic rings. The number of hydrogen-bond acceptors (Lipinski definition) is 6. The fourth-order valence-corrected chi connectivity index (χ4v) is 3.54. The average Bonchev–Trinajstić information content (AvgIpc) is 3.34. The first kappa shape index (κ1) is 19.4.